The van der Waals surface area contributed by atoms with Gasteiger partial charge >= 0.3 is 0 Å². The van der Waals surface area contributed by atoms with Crippen LogP contribution in [0.5, 0.6) is 34.5 Å². The first-order valence-corrected chi connectivity index (χ1v) is 10.7. The number of carbonyl (C=O) groups excluding carboxylic acids is 2. The Morgan fingerprint density at radius 2 is 1.24 bits per heavy atom. The number of benzene rings is 3. The van der Waals surface area contributed by atoms with E-state index < -0.39 is 0 Å². The molecule has 7 heteroatoms. The number of aromatic nitrogens is 1. The van der Waals surface area contributed by atoms with Crippen molar-refractivity contribution in [2.45, 2.75) is 0 Å². The largest absolute Gasteiger partial charge is 0.453 e. The van der Waals surface area contributed by atoms with Gasteiger partial charge in [0.15, 0.2) is 40.3 Å². The van der Waals surface area contributed by atoms with Crippen LogP contribution in [0.15, 0.2) is 72.4 Å². The van der Waals surface area contributed by atoms with E-state index in [1.54, 1.807) is 18.2 Å². The van der Waals surface area contributed by atoms with Crippen molar-refractivity contribution in [3.63, 3.8) is 0 Å². The zero-order valence-corrected chi connectivity index (χ0v) is 17.4. The molecule has 0 spiro atoms. The van der Waals surface area contributed by atoms with E-state index in [4.69, 9.17) is 14.2 Å². The van der Waals surface area contributed by atoms with Gasteiger partial charge in [0.05, 0.1) is 11.1 Å². The first kappa shape index (κ1) is 17.6. The molecular weight excluding hydrogens is 432 g/mol. The lowest BCUT2D eigenvalue weighted by molar-refractivity contribution is 0.0989. The number of hydrogen-bond donors (Lipinski definition) is 0. The van der Waals surface area contributed by atoms with Crippen LogP contribution in [0.2, 0.25) is 0 Å². The summed E-state index contributed by atoms with van der Waals surface area (Å²) in [7, 11) is 0. The molecule has 0 amide bonds. The summed E-state index contributed by atoms with van der Waals surface area (Å²) in [5.74, 6) is 3.08. The molecule has 1 aromatic heterocycles. The highest BCUT2D eigenvalue weighted by atomic mass is 16.5. The molecule has 3 aliphatic heterocycles. The summed E-state index contributed by atoms with van der Waals surface area (Å²) in [6.07, 6.45) is 3.09. The molecule has 0 fully saturated rings. The Morgan fingerprint density at radius 3 is 1.82 bits per heavy atom. The van der Waals surface area contributed by atoms with Gasteiger partial charge in [0.1, 0.15) is 22.8 Å². The van der Waals surface area contributed by atoms with E-state index >= 15 is 0 Å². The number of carbonyl (C=O) groups is 2. The smallest absolute Gasteiger partial charge is 0.216 e. The van der Waals surface area contributed by atoms with E-state index in [0.717, 1.165) is 17.1 Å². The maximum Gasteiger partial charge on any atom is 0.216 e. The van der Waals surface area contributed by atoms with E-state index in [-0.39, 0.29) is 22.8 Å². The molecule has 0 radical (unpaired) electrons. The molecule has 8 rings (SSSR count). The molecule has 3 aromatic carbocycles. The molecule has 0 unspecified atom stereocenters. The number of ketones is 2. The number of rotatable bonds is 1. The van der Waals surface area contributed by atoms with Gasteiger partial charge in [-0.25, -0.2) is 0 Å². The number of allylic oxidation sites excluding steroid dienone is 1. The van der Waals surface area contributed by atoms with Crippen molar-refractivity contribution in [1.29, 1.82) is 0 Å². The average Bonchev–Trinajstić information content (AvgIpc) is 3.09. The Labute approximate surface area is 192 Å². The number of fused-ring (bicyclic) bond motifs is 1. The molecule has 160 valence electrons. The highest BCUT2D eigenvalue weighted by Gasteiger charge is 2.41. The van der Waals surface area contributed by atoms with Gasteiger partial charge in [-0.3, -0.25) is 19.5 Å². The Morgan fingerprint density at radius 1 is 0.676 bits per heavy atom. The average molecular weight is 444 g/mol. The van der Waals surface area contributed by atoms with Crippen molar-refractivity contribution in [2.75, 3.05) is 4.90 Å². The fourth-order valence-corrected chi connectivity index (χ4v) is 4.97. The predicted octanol–water partition coefficient (Wildman–Crippen LogP) is 6.33. The Bertz CT molecular complexity index is 1570. The van der Waals surface area contributed by atoms with Gasteiger partial charge in [-0.2, -0.15) is 0 Å². The Balaban J connectivity index is 1.34. The topological polar surface area (TPSA) is 78.0 Å². The summed E-state index contributed by atoms with van der Waals surface area (Å²) in [6, 6.07) is 18.2. The minimum absolute atomic E-state index is 0.0733. The third-order valence-corrected chi connectivity index (χ3v) is 6.38. The molecule has 7 nitrogen and oxygen atoms in total. The zero-order valence-electron chi connectivity index (χ0n) is 17.4. The molecule has 0 bridgehead atoms. The minimum atomic E-state index is -0.382. The summed E-state index contributed by atoms with van der Waals surface area (Å²) in [5.41, 5.74) is 3.57. The van der Waals surface area contributed by atoms with Gasteiger partial charge in [-0.1, -0.05) is 12.1 Å². The molecular formula is C27H12N2O5. The van der Waals surface area contributed by atoms with Crippen LogP contribution >= 0.6 is 0 Å². The highest BCUT2D eigenvalue weighted by molar-refractivity contribution is 6.40. The number of para-hydroxylation sites is 2. The van der Waals surface area contributed by atoms with Crippen molar-refractivity contribution in [3.8, 4) is 34.5 Å². The van der Waals surface area contributed by atoms with Gasteiger partial charge in [0.2, 0.25) is 5.78 Å². The van der Waals surface area contributed by atoms with Crippen LogP contribution in [0.3, 0.4) is 0 Å². The number of pyridine rings is 1. The second kappa shape index (κ2) is 5.90. The van der Waals surface area contributed by atoms with Crippen LogP contribution in [0.25, 0.3) is 6.08 Å². The van der Waals surface area contributed by atoms with Crippen LogP contribution in [-0.4, -0.2) is 16.6 Å². The summed E-state index contributed by atoms with van der Waals surface area (Å²) in [5, 5.41) is 0. The third-order valence-electron chi connectivity index (χ3n) is 6.38. The molecule has 34 heavy (non-hydrogen) atoms. The monoisotopic (exact) mass is 444 g/mol. The van der Waals surface area contributed by atoms with Crippen LogP contribution in [0.1, 0.15) is 26.4 Å². The molecule has 0 atom stereocenters. The number of hydrogen-bond acceptors (Lipinski definition) is 7. The van der Waals surface area contributed by atoms with E-state index in [2.05, 4.69) is 9.88 Å². The Kier molecular flexibility index (Phi) is 3.06. The molecule has 0 saturated heterocycles. The lowest BCUT2D eigenvalue weighted by Crippen LogP contribution is -2.23. The fraction of sp³-hybridized carbons (Fsp3) is 0. The Hall–Kier alpha value is -4.91. The van der Waals surface area contributed by atoms with E-state index in [0.29, 0.717) is 45.6 Å². The van der Waals surface area contributed by atoms with Crippen LogP contribution in [-0.2, 0) is 0 Å². The summed E-state index contributed by atoms with van der Waals surface area (Å²) < 4.78 is 18.6. The first-order chi connectivity index (χ1) is 16.7. The van der Waals surface area contributed by atoms with Gasteiger partial charge in [0.25, 0.3) is 0 Å². The third kappa shape index (κ3) is 2.08. The summed E-state index contributed by atoms with van der Waals surface area (Å²) in [6.45, 7) is 0. The number of ether oxygens (including phenoxy) is 3. The van der Waals surface area contributed by atoms with Gasteiger partial charge in [-0.15, -0.1) is 0 Å². The van der Waals surface area contributed by atoms with Crippen LogP contribution < -0.4 is 19.1 Å². The molecule has 0 N–H and O–H groups in total. The molecule has 0 saturated carbocycles. The maximum atomic E-state index is 12.9. The first-order valence-electron chi connectivity index (χ1n) is 10.7. The van der Waals surface area contributed by atoms with Gasteiger partial charge < -0.3 is 14.2 Å². The van der Waals surface area contributed by atoms with Gasteiger partial charge in [0, 0.05) is 6.20 Å². The maximum absolute atomic E-state index is 12.9. The molecule has 4 aromatic rings. The molecule has 4 aliphatic rings. The van der Waals surface area contributed by atoms with Crippen LogP contribution in [0, 0.1) is 0 Å². The SMILES string of the molecule is O=C1/C(=C\c2cc3c4c(c2)Oc2cccc5c2N4c2c(cccc2O3)O5)C(=O)c2ncccc21. The van der Waals surface area contributed by atoms with Crippen molar-refractivity contribution >= 4 is 34.7 Å². The summed E-state index contributed by atoms with van der Waals surface area (Å²) >= 11 is 0. The number of nitrogens with zero attached hydrogens (tertiary/aromatic N) is 2. The number of anilines is 3. The van der Waals surface area contributed by atoms with Gasteiger partial charge in [-0.05, 0) is 60.2 Å². The fourth-order valence-electron chi connectivity index (χ4n) is 4.97. The van der Waals surface area contributed by atoms with Crippen LogP contribution in [0.4, 0.5) is 17.1 Å². The van der Waals surface area contributed by atoms with Crippen molar-refractivity contribution in [2.24, 2.45) is 0 Å². The summed E-state index contributed by atoms with van der Waals surface area (Å²) in [4.78, 5) is 31.9. The van der Waals surface area contributed by atoms with Crippen molar-refractivity contribution in [3.05, 3.63) is 89.3 Å². The normalized spacial score (nSPS) is 16.5. The lowest BCUT2D eigenvalue weighted by Gasteiger charge is -2.41. The van der Waals surface area contributed by atoms with E-state index in [1.807, 2.05) is 48.5 Å². The minimum Gasteiger partial charge on any atom is -0.453 e. The second-order valence-electron chi connectivity index (χ2n) is 8.33. The number of Topliss-reactive ketones (excluding diaryl/α,β-unsaturated/α-hetero) is 2. The van der Waals surface area contributed by atoms with E-state index in [1.165, 1.54) is 6.20 Å². The zero-order chi connectivity index (χ0) is 22.6. The predicted molar refractivity (Wildman–Crippen MR) is 122 cm³/mol. The molecule has 1 aliphatic carbocycles. The van der Waals surface area contributed by atoms with Crippen molar-refractivity contribution < 1.29 is 23.8 Å². The lowest BCUT2D eigenvalue weighted by atomic mass is 10.0. The van der Waals surface area contributed by atoms with Crippen molar-refractivity contribution in [1.82, 2.24) is 4.98 Å². The quantitative estimate of drug-likeness (QED) is 0.216. The van der Waals surface area contributed by atoms with E-state index in [9.17, 15) is 9.59 Å². The molecule has 4 heterocycles. The highest BCUT2D eigenvalue weighted by Crippen LogP contribution is 2.66. The second-order valence-corrected chi connectivity index (χ2v) is 8.33. The standard InChI is InChI=1S/C27H12N2O5/c30-26-14-4-3-9-28-22(14)27(31)15(26)10-13-11-20-25-21(12-13)34-19-8-2-6-17-24(19)29(25)23-16(32-17)5-1-7-18(23)33-20/h1-12H/b15-10+.